The lowest BCUT2D eigenvalue weighted by Crippen LogP contribution is -2.48. The summed E-state index contributed by atoms with van der Waals surface area (Å²) < 4.78 is 0. The Hall–Kier alpha value is -1.92. The fourth-order valence-corrected chi connectivity index (χ4v) is 3.73. The first-order valence-corrected chi connectivity index (χ1v) is 9.05. The predicted molar refractivity (Wildman–Crippen MR) is 98.8 cm³/mol. The van der Waals surface area contributed by atoms with E-state index in [1.165, 1.54) is 4.88 Å². The zero-order valence-electron chi connectivity index (χ0n) is 14.5. The molecule has 0 N–H and O–H groups in total. The van der Waals surface area contributed by atoms with Crippen LogP contribution in [0.25, 0.3) is 0 Å². The molecule has 1 aromatic carbocycles. The van der Waals surface area contributed by atoms with E-state index in [2.05, 4.69) is 9.88 Å². The third-order valence-corrected chi connectivity index (χ3v) is 5.24. The number of piperazine rings is 1. The maximum Gasteiger partial charge on any atom is 0.253 e. The molecule has 0 bridgehead atoms. The van der Waals surface area contributed by atoms with Gasteiger partial charge in [0.25, 0.3) is 5.91 Å². The molecule has 3 rings (SSSR count). The molecular weight excluding hydrogens is 320 g/mol. The number of anilines is 1. The Kier molecular flexibility index (Phi) is 5.16. The summed E-state index contributed by atoms with van der Waals surface area (Å²) in [6, 6.07) is 7.83. The number of aromatic nitrogens is 1. The number of rotatable bonds is 4. The first-order valence-electron chi connectivity index (χ1n) is 8.23. The molecule has 1 fully saturated rings. The molecule has 24 heavy (non-hydrogen) atoms. The molecule has 0 saturated carbocycles. The summed E-state index contributed by atoms with van der Waals surface area (Å²) >= 11 is 1.75. The highest BCUT2D eigenvalue weighted by atomic mass is 32.1. The topological polar surface area (TPSA) is 39.7 Å². The van der Waals surface area contributed by atoms with Gasteiger partial charge in [-0.1, -0.05) is 0 Å². The van der Waals surface area contributed by atoms with Gasteiger partial charge in [-0.3, -0.25) is 9.69 Å². The maximum atomic E-state index is 12.6. The van der Waals surface area contributed by atoms with Crippen LogP contribution in [-0.2, 0) is 6.54 Å². The molecule has 5 nitrogen and oxygen atoms in total. The number of nitrogens with zero attached hydrogens (tertiary/aromatic N) is 4. The fraction of sp³-hybridized carbons (Fsp3) is 0.444. The van der Waals surface area contributed by atoms with Crippen LogP contribution in [0, 0.1) is 6.92 Å². The molecule has 1 amide bonds. The minimum Gasteiger partial charge on any atom is -0.378 e. The van der Waals surface area contributed by atoms with Gasteiger partial charge in [-0.25, -0.2) is 4.98 Å². The molecule has 0 radical (unpaired) electrons. The SMILES string of the molecule is Cc1ncc(CN2CCN(C(=O)c3ccc(N(C)C)cc3)CC2)s1. The molecule has 2 aromatic rings. The van der Waals surface area contributed by atoms with Gasteiger partial charge in [0.1, 0.15) is 0 Å². The lowest BCUT2D eigenvalue weighted by Gasteiger charge is -2.34. The van der Waals surface area contributed by atoms with Gasteiger partial charge in [-0.05, 0) is 31.2 Å². The predicted octanol–water partition coefficient (Wildman–Crippen LogP) is 2.48. The van der Waals surface area contributed by atoms with Crippen LogP contribution in [0.2, 0.25) is 0 Å². The Morgan fingerprint density at radius 3 is 2.38 bits per heavy atom. The Balaban J connectivity index is 1.54. The minimum atomic E-state index is 0.133. The lowest BCUT2D eigenvalue weighted by molar-refractivity contribution is 0.0629. The number of aryl methyl sites for hydroxylation is 1. The summed E-state index contributed by atoms with van der Waals surface area (Å²) in [5.74, 6) is 0.133. The van der Waals surface area contributed by atoms with E-state index in [4.69, 9.17) is 0 Å². The third-order valence-electron chi connectivity index (χ3n) is 4.34. The van der Waals surface area contributed by atoms with Crippen molar-refractivity contribution in [3.05, 3.63) is 45.9 Å². The number of hydrogen-bond donors (Lipinski definition) is 0. The van der Waals surface area contributed by atoms with E-state index in [0.717, 1.165) is 49.0 Å². The zero-order chi connectivity index (χ0) is 17.1. The largest absolute Gasteiger partial charge is 0.378 e. The quantitative estimate of drug-likeness (QED) is 0.854. The number of benzene rings is 1. The average molecular weight is 344 g/mol. The number of thiazole rings is 1. The van der Waals surface area contributed by atoms with Gasteiger partial charge >= 0.3 is 0 Å². The van der Waals surface area contributed by atoms with Crippen LogP contribution in [-0.4, -0.2) is 61.0 Å². The first-order chi connectivity index (χ1) is 11.5. The molecule has 0 atom stereocenters. The minimum absolute atomic E-state index is 0.133. The van der Waals surface area contributed by atoms with Gasteiger partial charge in [-0.15, -0.1) is 11.3 Å². The van der Waals surface area contributed by atoms with Gasteiger partial charge in [0.15, 0.2) is 0 Å². The molecule has 1 aliphatic heterocycles. The van der Waals surface area contributed by atoms with E-state index in [0.29, 0.717) is 0 Å². The van der Waals surface area contributed by atoms with Crippen molar-refractivity contribution in [2.45, 2.75) is 13.5 Å². The normalized spacial score (nSPS) is 15.5. The smallest absolute Gasteiger partial charge is 0.253 e. The third kappa shape index (κ3) is 3.94. The number of carbonyl (C=O) groups excluding carboxylic acids is 1. The standard InChI is InChI=1S/C18H24N4OS/c1-14-19-12-17(24-14)13-21-8-10-22(11-9-21)18(23)15-4-6-16(7-5-15)20(2)3/h4-7,12H,8-11,13H2,1-3H3. The maximum absolute atomic E-state index is 12.6. The molecule has 0 unspecified atom stereocenters. The van der Waals surface area contributed by atoms with Gasteiger partial charge < -0.3 is 9.80 Å². The zero-order valence-corrected chi connectivity index (χ0v) is 15.3. The van der Waals surface area contributed by atoms with Crippen LogP contribution in [0.1, 0.15) is 20.2 Å². The fourth-order valence-electron chi connectivity index (χ4n) is 2.89. The summed E-state index contributed by atoms with van der Waals surface area (Å²) in [4.78, 5) is 24.6. The van der Waals surface area contributed by atoms with E-state index in [1.54, 1.807) is 11.3 Å². The Labute approximate surface area is 147 Å². The van der Waals surface area contributed by atoms with Crippen molar-refractivity contribution in [3.8, 4) is 0 Å². The highest BCUT2D eigenvalue weighted by Crippen LogP contribution is 2.17. The van der Waals surface area contributed by atoms with Crippen molar-refractivity contribution in [1.29, 1.82) is 0 Å². The van der Waals surface area contributed by atoms with Crippen molar-refractivity contribution >= 4 is 22.9 Å². The van der Waals surface area contributed by atoms with Crippen LogP contribution in [0.4, 0.5) is 5.69 Å². The van der Waals surface area contributed by atoms with Gasteiger partial charge in [-0.2, -0.15) is 0 Å². The van der Waals surface area contributed by atoms with Crippen molar-refractivity contribution < 1.29 is 4.79 Å². The average Bonchev–Trinajstić information content (AvgIpc) is 3.00. The first kappa shape index (κ1) is 16.9. The molecule has 2 heterocycles. The molecular formula is C18H24N4OS. The van der Waals surface area contributed by atoms with E-state index >= 15 is 0 Å². The number of hydrogen-bond acceptors (Lipinski definition) is 5. The second kappa shape index (κ2) is 7.32. The summed E-state index contributed by atoms with van der Waals surface area (Å²) in [5.41, 5.74) is 1.88. The molecule has 1 aliphatic rings. The molecule has 128 valence electrons. The molecule has 6 heteroatoms. The van der Waals surface area contributed by atoms with Crippen LogP contribution < -0.4 is 4.90 Å². The summed E-state index contributed by atoms with van der Waals surface area (Å²) in [6.45, 7) is 6.37. The summed E-state index contributed by atoms with van der Waals surface area (Å²) in [7, 11) is 4.00. The molecule has 0 aliphatic carbocycles. The van der Waals surface area contributed by atoms with Crippen LogP contribution in [0.3, 0.4) is 0 Å². The Morgan fingerprint density at radius 2 is 1.83 bits per heavy atom. The van der Waals surface area contributed by atoms with Crippen LogP contribution in [0.5, 0.6) is 0 Å². The second-order valence-electron chi connectivity index (χ2n) is 6.36. The molecule has 1 aromatic heterocycles. The highest BCUT2D eigenvalue weighted by molar-refractivity contribution is 7.11. The Morgan fingerprint density at radius 1 is 1.17 bits per heavy atom. The van der Waals surface area contributed by atoms with Crippen molar-refractivity contribution in [2.24, 2.45) is 0 Å². The van der Waals surface area contributed by atoms with Crippen LogP contribution >= 0.6 is 11.3 Å². The van der Waals surface area contributed by atoms with Crippen molar-refractivity contribution in [1.82, 2.24) is 14.8 Å². The number of carbonyl (C=O) groups is 1. The van der Waals surface area contributed by atoms with E-state index in [-0.39, 0.29) is 5.91 Å². The summed E-state index contributed by atoms with van der Waals surface area (Å²) in [6.07, 6.45) is 1.96. The molecule has 1 saturated heterocycles. The highest BCUT2D eigenvalue weighted by Gasteiger charge is 2.22. The Bertz CT molecular complexity index is 687. The van der Waals surface area contributed by atoms with Gasteiger partial charge in [0.2, 0.25) is 0 Å². The second-order valence-corrected chi connectivity index (χ2v) is 7.67. The van der Waals surface area contributed by atoms with E-state index < -0.39 is 0 Å². The number of amides is 1. The molecule has 0 spiro atoms. The van der Waals surface area contributed by atoms with Gasteiger partial charge in [0, 0.05) is 69.1 Å². The lowest BCUT2D eigenvalue weighted by atomic mass is 10.1. The van der Waals surface area contributed by atoms with Crippen LogP contribution in [0.15, 0.2) is 30.5 Å². The summed E-state index contributed by atoms with van der Waals surface area (Å²) in [5, 5.41) is 1.11. The van der Waals surface area contributed by atoms with Crippen molar-refractivity contribution in [2.75, 3.05) is 45.2 Å². The van der Waals surface area contributed by atoms with E-state index in [1.807, 2.05) is 61.3 Å². The van der Waals surface area contributed by atoms with Gasteiger partial charge in [0.05, 0.1) is 5.01 Å². The van der Waals surface area contributed by atoms with E-state index in [9.17, 15) is 4.79 Å². The monoisotopic (exact) mass is 344 g/mol. The van der Waals surface area contributed by atoms with Crippen molar-refractivity contribution in [3.63, 3.8) is 0 Å².